The van der Waals surface area contributed by atoms with Gasteiger partial charge in [-0.15, -0.1) is 12.3 Å². The third-order valence-electron chi connectivity index (χ3n) is 2.27. The molecular formula is C13H15F2N. The summed E-state index contributed by atoms with van der Waals surface area (Å²) >= 11 is 0. The Kier molecular flexibility index (Phi) is 5.52. The first-order valence-electron chi connectivity index (χ1n) is 5.32. The molecule has 16 heavy (non-hydrogen) atoms. The Hall–Kier alpha value is -1.40. The minimum atomic E-state index is -0.799. The standard InChI is InChI=1S/C13H15F2N/c1-2-3-4-5-9-16-10-11-7-6-8-12(14)13(11)15/h1,6-8,16H,3-5,9-10H2. The van der Waals surface area contributed by atoms with Gasteiger partial charge in [0.1, 0.15) is 0 Å². The van der Waals surface area contributed by atoms with Gasteiger partial charge < -0.3 is 5.32 Å². The largest absolute Gasteiger partial charge is 0.313 e. The number of unbranched alkanes of at least 4 members (excludes halogenated alkanes) is 2. The van der Waals surface area contributed by atoms with E-state index in [1.165, 1.54) is 6.07 Å². The van der Waals surface area contributed by atoms with Gasteiger partial charge in [0, 0.05) is 18.5 Å². The summed E-state index contributed by atoms with van der Waals surface area (Å²) in [5, 5.41) is 3.05. The minimum Gasteiger partial charge on any atom is -0.313 e. The van der Waals surface area contributed by atoms with Crippen LogP contribution in [0.1, 0.15) is 24.8 Å². The summed E-state index contributed by atoms with van der Waals surface area (Å²) in [6.45, 7) is 1.11. The van der Waals surface area contributed by atoms with E-state index in [2.05, 4.69) is 11.2 Å². The molecule has 0 spiro atoms. The molecule has 0 unspecified atom stereocenters. The maximum absolute atomic E-state index is 13.2. The summed E-state index contributed by atoms with van der Waals surface area (Å²) in [5.41, 5.74) is 0.358. The monoisotopic (exact) mass is 223 g/mol. The van der Waals surface area contributed by atoms with Crippen molar-refractivity contribution < 1.29 is 8.78 Å². The highest BCUT2D eigenvalue weighted by atomic mass is 19.2. The molecule has 0 radical (unpaired) electrons. The van der Waals surface area contributed by atoms with Crippen LogP contribution in [-0.2, 0) is 6.54 Å². The van der Waals surface area contributed by atoms with Gasteiger partial charge in [-0.2, -0.15) is 0 Å². The van der Waals surface area contributed by atoms with Gasteiger partial charge in [-0.1, -0.05) is 12.1 Å². The zero-order valence-corrected chi connectivity index (χ0v) is 9.10. The van der Waals surface area contributed by atoms with Crippen molar-refractivity contribution in [3.63, 3.8) is 0 Å². The van der Waals surface area contributed by atoms with Gasteiger partial charge in [-0.3, -0.25) is 0 Å². The van der Waals surface area contributed by atoms with Crippen LogP contribution < -0.4 is 5.32 Å². The van der Waals surface area contributed by atoms with E-state index in [4.69, 9.17) is 6.42 Å². The molecule has 0 fully saturated rings. The Labute approximate surface area is 94.9 Å². The van der Waals surface area contributed by atoms with Gasteiger partial charge in [-0.25, -0.2) is 8.78 Å². The number of hydrogen-bond acceptors (Lipinski definition) is 1. The number of terminal acetylenes is 1. The molecule has 0 aliphatic rings. The lowest BCUT2D eigenvalue weighted by Crippen LogP contribution is -2.15. The fourth-order valence-corrected chi connectivity index (χ4v) is 1.39. The van der Waals surface area contributed by atoms with Crippen molar-refractivity contribution in [2.75, 3.05) is 6.54 Å². The molecule has 0 amide bonds. The normalized spacial score (nSPS) is 10.1. The number of benzene rings is 1. The summed E-state index contributed by atoms with van der Waals surface area (Å²) in [7, 11) is 0. The predicted octanol–water partition coefficient (Wildman–Crippen LogP) is 2.86. The molecule has 0 aliphatic carbocycles. The van der Waals surface area contributed by atoms with E-state index in [1.807, 2.05) is 0 Å². The van der Waals surface area contributed by atoms with Crippen LogP contribution in [0.4, 0.5) is 8.78 Å². The van der Waals surface area contributed by atoms with Crippen molar-refractivity contribution in [2.24, 2.45) is 0 Å². The summed E-state index contributed by atoms with van der Waals surface area (Å²) < 4.78 is 26.0. The molecule has 1 rings (SSSR count). The Morgan fingerprint density at radius 2 is 2.06 bits per heavy atom. The second-order valence-electron chi connectivity index (χ2n) is 3.55. The molecule has 86 valence electrons. The molecule has 0 bridgehead atoms. The highest BCUT2D eigenvalue weighted by molar-refractivity contribution is 5.18. The van der Waals surface area contributed by atoms with Crippen molar-refractivity contribution >= 4 is 0 Å². The summed E-state index contributed by atoms with van der Waals surface area (Å²) in [5.74, 6) is 0.991. The SMILES string of the molecule is C#CCCCCNCc1cccc(F)c1F. The van der Waals surface area contributed by atoms with Crippen LogP contribution in [-0.4, -0.2) is 6.54 Å². The quantitative estimate of drug-likeness (QED) is 0.577. The highest BCUT2D eigenvalue weighted by Gasteiger charge is 2.06. The maximum Gasteiger partial charge on any atom is 0.163 e. The van der Waals surface area contributed by atoms with Crippen LogP contribution in [0.5, 0.6) is 0 Å². The minimum absolute atomic E-state index is 0.347. The summed E-state index contributed by atoms with van der Waals surface area (Å²) in [6, 6.07) is 4.20. The van der Waals surface area contributed by atoms with Gasteiger partial charge in [-0.05, 0) is 25.5 Å². The number of nitrogens with one attached hydrogen (secondary N) is 1. The van der Waals surface area contributed by atoms with Crippen molar-refractivity contribution in [1.29, 1.82) is 0 Å². The van der Waals surface area contributed by atoms with Crippen LogP contribution in [0.2, 0.25) is 0 Å². The van der Waals surface area contributed by atoms with E-state index >= 15 is 0 Å². The van der Waals surface area contributed by atoms with Crippen molar-refractivity contribution in [2.45, 2.75) is 25.8 Å². The van der Waals surface area contributed by atoms with Gasteiger partial charge in [0.15, 0.2) is 11.6 Å². The highest BCUT2D eigenvalue weighted by Crippen LogP contribution is 2.10. The van der Waals surface area contributed by atoms with E-state index in [-0.39, 0.29) is 0 Å². The van der Waals surface area contributed by atoms with Crippen molar-refractivity contribution in [3.05, 3.63) is 35.4 Å². The predicted molar refractivity (Wildman–Crippen MR) is 60.7 cm³/mol. The molecule has 1 nitrogen and oxygen atoms in total. The molecule has 0 saturated carbocycles. The zero-order chi connectivity index (χ0) is 11.8. The Balaban J connectivity index is 2.27. The second-order valence-corrected chi connectivity index (χ2v) is 3.55. The second kappa shape index (κ2) is 6.97. The number of rotatable bonds is 6. The number of hydrogen-bond donors (Lipinski definition) is 1. The van der Waals surface area contributed by atoms with Crippen LogP contribution in [0.15, 0.2) is 18.2 Å². The summed E-state index contributed by atoms with van der Waals surface area (Å²) in [4.78, 5) is 0. The zero-order valence-electron chi connectivity index (χ0n) is 9.10. The third-order valence-corrected chi connectivity index (χ3v) is 2.27. The van der Waals surface area contributed by atoms with Crippen molar-refractivity contribution in [3.8, 4) is 12.3 Å². The Bertz CT molecular complexity index is 369. The van der Waals surface area contributed by atoms with E-state index in [0.717, 1.165) is 31.9 Å². The van der Waals surface area contributed by atoms with E-state index in [1.54, 1.807) is 6.07 Å². The van der Waals surface area contributed by atoms with Gasteiger partial charge in [0.25, 0.3) is 0 Å². The van der Waals surface area contributed by atoms with Gasteiger partial charge in [0.2, 0.25) is 0 Å². The number of halogens is 2. The molecule has 0 aromatic heterocycles. The molecule has 1 N–H and O–H groups in total. The fraction of sp³-hybridized carbons (Fsp3) is 0.385. The van der Waals surface area contributed by atoms with Crippen LogP contribution in [0, 0.1) is 24.0 Å². The van der Waals surface area contributed by atoms with E-state index < -0.39 is 11.6 Å². The van der Waals surface area contributed by atoms with Crippen LogP contribution in [0.3, 0.4) is 0 Å². The smallest absolute Gasteiger partial charge is 0.163 e. The maximum atomic E-state index is 13.2. The Morgan fingerprint density at radius 3 is 2.81 bits per heavy atom. The molecular weight excluding hydrogens is 208 g/mol. The average molecular weight is 223 g/mol. The third kappa shape index (κ3) is 4.00. The van der Waals surface area contributed by atoms with E-state index in [0.29, 0.717) is 12.1 Å². The Morgan fingerprint density at radius 1 is 1.25 bits per heavy atom. The van der Waals surface area contributed by atoms with Crippen LogP contribution >= 0.6 is 0 Å². The molecule has 0 heterocycles. The fourth-order valence-electron chi connectivity index (χ4n) is 1.39. The molecule has 1 aromatic carbocycles. The van der Waals surface area contributed by atoms with Crippen molar-refractivity contribution in [1.82, 2.24) is 5.32 Å². The molecule has 3 heteroatoms. The lowest BCUT2D eigenvalue weighted by atomic mass is 10.2. The first-order valence-corrected chi connectivity index (χ1v) is 5.32. The lowest BCUT2D eigenvalue weighted by molar-refractivity contribution is 0.491. The molecule has 0 aliphatic heterocycles. The van der Waals surface area contributed by atoms with E-state index in [9.17, 15) is 8.78 Å². The first kappa shape index (κ1) is 12.7. The molecule has 0 saturated heterocycles. The van der Waals surface area contributed by atoms with Gasteiger partial charge >= 0.3 is 0 Å². The summed E-state index contributed by atoms with van der Waals surface area (Å²) in [6.07, 6.45) is 7.77. The molecule has 0 atom stereocenters. The molecule has 1 aromatic rings. The van der Waals surface area contributed by atoms with Gasteiger partial charge in [0.05, 0.1) is 0 Å². The van der Waals surface area contributed by atoms with Crippen LogP contribution in [0.25, 0.3) is 0 Å². The topological polar surface area (TPSA) is 12.0 Å². The first-order chi connectivity index (χ1) is 7.75. The average Bonchev–Trinajstić information content (AvgIpc) is 2.29. The lowest BCUT2D eigenvalue weighted by Gasteiger charge is -2.05.